The van der Waals surface area contributed by atoms with Gasteiger partial charge in [0.05, 0.1) is 39.2 Å². The van der Waals surface area contributed by atoms with Gasteiger partial charge in [-0.05, 0) is 193 Å². The van der Waals surface area contributed by atoms with Gasteiger partial charge < -0.3 is 9.97 Å². The number of aromatic amines is 2. The minimum Gasteiger partial charge on any atom is -0.323 e. The zero-order valence-corrected chi connectivity index (χ0v) is 83.1. The van der Waals surface area contributed by atoms with Gasteiger partial charge >= 0.3 is 0 Å². The van der Waals surface area contributed by atoms with Crippen molar-refractivity contribution in [3.63, 3.8) is 0 Å². The van der Waals surface area contributed by atoms with Crippen LogP contribution in [0, 0.1) is 0 Å². The lowest BCUT2D eigenvalue weighted by molar-refractivity contribution is 0.594. The molecule has 0 radical (unpaired) electrons. The van der Waals surface area contributed by atoms with Crippen molar-refractivity contribution in [2.45, 2.75) is 379 Å². The zero-order chi connectivity index (χ0) is 90.8. The summed E-state index contributed by atoms with van der Waals surface area (Å²) in [5.41, 5.74) is 74.2. The molecule has 0 fully saturated rings. The quantitative estimate of drug-likeness (QED) is 0.0174. The second-order valence-corrected chi connectivity index (χ2v) is 41.3. The lowest BCUT2D eigenvalue weighted by atomic mass is 10.1. The minimum atomic E-state index is 0.540. The molecule has 0 unspecified atom stereocenters. The fraction of sp³-hybridized carbons (Fsp3) is 0.818. The van der Waals surface area contributed by atoms with Gasteiger partial charge in [0.1, 0.15) is 22.6 Å². The first-order valence-electron chi connectivity index (χ1n) is 48.4. The molecule has 2 aliphatic rings. The van der Waals surface area contributed by atoms with Gasteiger partial charge in [0.25, 0.3) is 0 Å². The Morgan fingerprint density at radius 3 is 0.461 bits per heavy atom. The Morgan fingerprint density at radius 1 is 0.164 bits per heavy atom. The Hall–Kier alpha value is -6.40. The van der Waals surface area contributed by atoms with Crippen LogP contribution in [0.3, 0.4) is 0 Å². The number of rotatable bonds is 88. The lowest BCUT2D eigenvalue weighted by Gasteiger charge is -2.09. The number of hydrogen-bond acceptors (Lipinski definition) is 22. The summed E-state index contributed by atoms with van der Waals surface area (Å²) in [6.07, 6.45) is 59.5. The Bertz CT molecular complexity index is 3910. The molecule has 0 aliphatic carbocycles. The molecule has 0 aromatic carbocycles. The highest BCUT2D eigenvalue weighted by Gasteiger charge is 2.30. The molecule has 706 valence electrons. The van der Waals surface area contributed by atoms with Crippen LogP contribution < -0.4 is 0 Å². The van der Waals surface area contributed by atoms with Crippen molar-refractivity contribution in [1.82, 2.24) is 39.9 Å². The summed E-state index contributed by atoms with van der Waals surface area (Å²) in [6.45, 7) is 4.33. The summed E-state index contributed by atoms with van der Waals surface area (Å²) in [5, 5.41) is 30.2. The number of thioether (sulfide) groups is 8. The second kappa shape index (κ2) is 81.4. The monoisotopic (exact) mass is 1910 g/mol. The Labute approximate surface area is 795 Å². The number of azide groups is 8. The molecule has 2 aliphatic heterocycles. The van der Waals surface area contributed by atoms with E-state index >= 15 is 0 Å². The van der Waals surface area contributed by atoms with E-state index in [0.717, 1.165) is 467 Å². The van der Waals surface area contributed by atoms with Gasteiger partial charge in [-0.15, -0.1) is 94.1 Å². The molecule has 5 rings (SSSR count). The van der Waals surface area contributed by atoms with E-state index in [0.29, 0.717) is 75.7 Å². The smallest absolute Gasteiger partial charge is 0.171 e. The normalized spacial score (nSPS) is 11.7. The van der Waals surface area contributed by atoms with E-state index < -0.39 is 0 Å². The van der Waals surface area contributed by atoms with Crippen LogP contribution in [0.2, 0.25) is 0 Å². The van der Waals surface area contributed by atoms with Crippen LogP contribution in [0.25, 0.3) is 126 Å². The molecule has 128 heavy (non-hydrogen) atoms. The molecule has 2 N–H and O–H groups in total. The highest BCUT2D eigenvalue weighted by atomic mass is 32.2. The summed E-state index contributed by atoms with van der Waals surface area (Å²) < 4.78 is 0. The van der Waals surface area contributed by atoms with E-state index in [9.17, 15) is 0 Å². The van der Waals surface area contributed by atoms with Gasteiger partial charge in [-0.25, -0.2) is 29.9 Å². The molecule has 5 heterocycles. The third kappa shape index (κ3) is 53.3. The third-order valence-corrected chi connectivity index (χ3v) is 31.9. The highest BCUT2D eigenvalue weighted by molar-refractivity contribution is 8.14. The highest BCUT2D eigenvalue weighted by Crippen LogP contribution is 2.49. The van der Waals surface area contributed by atoms with Crippen molar-refractivity contribution in [3.05, 3.63) is 107 Å². The van der Waals surface area contributed by atoms with Gasteiger partial charge in [-0.3, -0.25) is 0 Å². The summed E-state index contributed by atoms with van der Waals surface area (Å²) in [4.78, 5) is 75.5. The van der Waals surface area contributed by atoms with Crippen molar-refractivity contribution >= 4 is 136 Å². The fourth-order valence-corrected chi connectivity index (χ4v) is 24.3. The van der Waals surface area contributed by atoms with Crippen LogP contribution in [-0.2, 0) is 0 Å². The van der Waals surface area contributed by atoms with Gasteiger partial charge in [0.2, 0.25) is 0 Å². The Balaban J connectivity index is 1.86. The molecule has 8 bridgehead atoms. The van der Waals surface area contributed by atoms with Crippen LogP contribution in [0.4, 0.5) is 0 Å². The molecule has 0 amide bonds. The molecule has 0 saturated carbocycles. The predicted molar refractivity (Wildman–Crippen MR) is 549 cm³/mol. The molecule has 40 heteroatoms. The summed E-state index contributed by atoms with van der Waals surface area (Å²) in [7, 11) is 0. The van der Waals surface area contributed by atoms with E-state index in [2.05, 4.69) is 90.2 Å². The number of nitrogens with zero attached hydrogens (tertiary/aromatic N) is 30. The van der Waals surface area contributed by atoms with Crippen LogP contribution in [0.1, 0.15) is 383 Å². The van der Waals surface area contributed by atoms with Crippen molar-refractivity contribution in [2.24, 2.45) is 40.9 Å². The van der Waals surface area contributed by atoms with Crippen LogP contribution in [0.15, 0.2) is 60.5 Å². The average molecular weight is 1910 g/mol. The molecule has 0 spiro atoms. The van der Waals surface area contributed by atoms with Crippen molar-refractivity contribution in [3.8, 4) is 0 Å². The number of hydrogen-bond donors (Lipinski definition) is 2. The first-order valence-corrected chi connectivity index (χ1v) is 56.2. The summed E-state index contributed by atoms with van der Waals surface area (Å²) >= 11 is 15.0. The SMILES string of the molecule is [N-]=[N+]=NCCCCCCCCCSC1=C(SCCCCCCCCCN=[N+]=[N-])c2nc1nc1nc(nc3[nH]c(nc4[nH]c(n2)c(SCCCCCCCCCN=[N+]=[N-])c4SCCCCCCCCCN=[N+]=[N-])c(SCCCCCCCCCN=[N+]=[N-])c3SCCCCCCCCCN=[N+]=[N-])C(SCCCCCCCCCN=[N+]=[N-])=C1SCCCCCCCCCN=[N+]=[N-]. The summed E-state index contributed by atoms with van der Waals surface area (Å²) in [5.74, 6) is 9.62. The van der Waals surface area contributed by atoms with Gasteiger partial charge in [-0.1, -0.05) is 298 Å². The number of aromatic nitrogens is 8. The van der Waals surface area contributed by atoms with Gasteiger partial charge in [0, 0.05) is 91.7 Å². The van der Waals surface area contributed by atoms with E-state index in [4.69, 9.17) is 74.2 Å². The number of unbranched alkanes of at least 4 members (excludes halogenated alkanes) is 48. The lowest BCUT2D eigenvalue weighted by Crippen LogP contribution is -1.93. The third-order valence-electron chi connectivity index (χ3n) is 22.0. The van der Waals surface area contributed by atoms with Crippen LogP contribution >= 0.6 is 94.1 Å². The first-order chi connectivity index (χ1) is 63.5. The van der Waals surface area contributed by atoms with E-state index in [-0.39, 0.29) is 0 Å². The molecule has 3 aromatic heterocycles. The zero-order valence-electron chi connectivity index (χ0n) is 76.6. The van der Waals surface area contributed by atoms with Crippen LogP contribution in [-0.4, -0.2) is 138 Å². The molecule has 3 aromatic rings. The molecular weight excluding hydrogens is 1760 g/mol. The van der Waals surface area contributed by atoms with E-state index in [1.165, 1.54) is 0 Å². The number of fused-ring (bicyclic) bond motifs is 8. The topological polar surface area (TPSA) is 499 Å². The molecule has 32 nitrogen and oxygen atoms in total. The van der Waals surface area contributed by atoms with Crippen molar-refractivity contribution in [2.75, 3.05) is 98.4 Å². The maximum Gasteiger partial charge on any atom is 0.171 e. The van der Waals surface area contributed by atoms with Gasteiger partial charge in [-0.2, -0.15) is 0 Å². The van der Waals surface area contributed by atoms with Crippen molar-refractivity contribution in [1.29, 1.82) is 0 Å². The van der Waals surface area contributed by atoms with Crippen molar-refractivity contribution < 1.29 is 0 Å². The maximum atomic E-state index is 8.90. The molecule has 0 atom stereocenters. The fourth-order valence-electron chi connectivity index (χ4n) is 14.9. The van der Waals surface area contributed by atoms with E-state index in [1.807, 2.05) is 94.1 Å². The standard InChI is InChI=1S/C88H146N32S8/c89-113-97-57-41-25-9-1-17-33-49-65-121-73-74(122-66-50-34-18-2-10-26-42-58-98-114-90)82-105-81(73)109-83-75(123-67-51-35-19-3-11-27-43-59-99-115-91)76(124-68-52-36-20-4-12-28-44-60-100-116-92)85(106-83)111-87-79(127-71-55-39-23-7-15-31-47-63-103-119-95)80(128-72-56-40-24-8-16-32-48-64-104-120-96)88(108-87)112-86-78(126-70-54-38-22-6-14-30-46-62-102-118-94)77(84(107-86)110-82)125-69-53-37-21-5-13-29-45-61-101-117-93/h1-72H2,(H2,105,106,107,108,109,110,111,112). The Kier molecular flexibility index (Phi) is 71.3. The maximum absolute atomic E-state index is 8.90. The van der Waals surface area contributed by atoms with Crippen LogP contribution in [0.5, 0.6) is 0 Å². The average Bonchev–Trinajstić information content (AvgIpc) is 1.61. The van der Waals surface area contributed by atoms with E-state index in [1.54, 1.807) is 0 Å². The summed E-state index contributed by atoms with van der Waals surface area (Å²) in [6, 6.07) is 0. The molecular formula is C88H146N32S8. The number of nitrogens with one attached hydrogen (secondary N) is 2. The largest absolute Gasteiger partial charge is 0.323 e. The second-order valence-electron chi connectivity index (χ2n) is 32.5. The minimum absolute atomic E-state index is 0.540. The van der Waals surface area contributed by atoms with Gasteiger partial charge in [0.15, 0.2) is 23.3 Å². The number of H-pyrrole nitrogens is 2. The Morgan fingerprint density at radius 2 is 0.297 bits per heavy atom. The first kappa shape index (κ1) is 112. The predicted octanol–water partition coefficient (Wildman–Crippen LogP) is 35.2. The molecule has 0 saturated heterocycles.